The van der Waals surface area contributed by atoms with E-state index in [4.69, 9.17) is 0 Å². The van der Waals surface area contributed by atoms with Crippen molar-refractivity contribution in [1.82, 2.24) is 0 Å². The lowest BCUT2D eigenvalue weighted by Crippen LogP contribution is -2.16. The van der Waals surface area contributed by atoms with Gasteiger partial charge in [0.2, 0.25) is 0 Å². The molecule has 1 N–H and O–H groups in total. The van der Waals surface area contributed by atoms with E-state index in [1.165, 1.54) is 12.1 Å². The van der Waals surface area contributed by atoms with Crippen molar-refractivity contribution in [2.24, 2.45) is 0 Å². The van der Waals surface area contributed by atoms with Crippen molar-refractivity contribution in [3.63, 3.8) is 0 Å². The maximum Gasteiger partial charge on any atom is 0.198 e. The van der Waals surface area contributed by atoms with Crippen molar-refractivity contribution in [2.45, 2.75) is 12.8 Å². The number of hydrogen-bond donors (Lipinski definition) is 1. The summed E-state index contributed by atoms with van der Waals surface area (Å²) >= 11 is 0. The molecule has 2 aromatic rings. The zero-order valence-electron chi connectivity index (χ0n) is 10.4. The Morgan fingerprint density at radius 1 is 1.05 bits per heavy atom. The van der Waals surface area contributed by atoms with Gasteiger partial charge in [0.25, 0.3) is 0 Å². The Morgan fingerprint density at radius 3 is 2.68 bits per heavy atom. The number of anilines is 1. The maximum absolute atomic E-state index is 13.7. The van der Waals surface area contributed by atoms with Gasteiger partial charge in [-0.2, -0.15) is 0 Å². The fourth-order valence-electron chi connectivity index (χ4n) is 2.49. The summed E-state index contributed by atoms with van der Waals surface area (Å²) in [5.41, 5.74) is 2.68. The van der Waals surface area contributed by atoms with Crippen LogP contribution in [0, 0.1) is 5.82 Å². The molecule has 0 saturated heterocycles. The summed E-state index contributed by atoms with van der Waals surface area (Å²) in [6.07, 6.45) is 2.02. The number of carbonyl (C=O) groups excluding carboxylic acids is 1. The largest absolute Gasteiger partial charge is 0.384 e. The number of fused-ring (bicyclic) bond motifs is 1. The summed E-state index contributed by atoms with van der Waals surface area (Å²) in [4.78, 5) is 12.5. The van der Waals surface area contributed by atoms with Crippen molar-refractivity contribution in [1.29, 1.82) is 0 Å². The van der Waals surface area contributed by atoms with Crippen molar-refractivity contribution in [3.8, 4) is 0 Å². The third-order valence-electron chi connectivity index (χ3n) is 3.44. The summed E-state index contributed by atoms with van der Waals surface area (Å²) < 4.78 is 13.7. The van der Waals surface area contributed by atoms with Crippen LogP contribution in [-0.4, -0.2) is 12.3 Å². The standard InChI is InChI=1S/C16H14FNO/c17-14-9-2-1-7-12(14)16(19)13-8-3-5-11-6-4-10-18-15(11)13/h1-3,5,7-9,18H,4,6,10H2. The van der Waals surface area contributed by atoms with Gasteiger partial charge in [-0.15, -0.1) is 0 Å². The van der Waals surface area contributed by atoms with Crippen LogP contribution in [0.25, 0.3) is 0 Å². The average Bonchev–Trinajstić information content (AvgIpc) is 2.46. The SMILES string of the molecule is O=C(c1ccccc1F)c1cccc2c1NCCC2. The molecule has 0 saturated carbocycles. The van der Waals surface area contributed by atoms with Crippen LogP contribution in [0.2, 0.25) is 0 Å². The molecule has 96 valence electrons. The number of halogens is 1. The van der Waals surface area contributed by atoms with Crippen molar-refractivity contribution in [3.05, 3.63) is 65.0 Å². The summed E-state index contributed by atoms with van der Waals surface area (Å²) in [5, 5.41) is 3.26. The minimum Gasteiger partial charge on any atom is -0.384 e. The molecule has 19 heavy (non-hydrogen) atoms. The van der Waals surface area contributed by atoms with Gasteiger partial charge in [-0.3, -0.25) is 4.79 Å². The Labute approximate surface area is 111 Å². The predicted octanol–water partition coefficient (Wildman–Crippen LogP) is 3.41. The number of benzene rings is 2. The molecule has 0 unspecified atom stereocenters. The van der Waals surface area contributed by atoms with Gasteiger partial charge >= 0.3 is 0 Å². The lowest BCUT2D eigenvalue weighted by molar-refractivity contribution is 0.103. The number of rotatable bonds is 2. The van der Waals surface area contributed by atoms with Gasteiger partial charge in [0.15, 0.2) is 5.78 Å². The number of hydrogen-bond acceptors (Lipinski definition) is 2. The van der Waals surface area contributed by atoms with Crippen LogP contribution >= 0.6 is 0 Å². The fourth-order valence-corrected chi connectivity index (χ4v) is 2.49. The Kier molecular flexibility index (Phi) is 3.03. The molecular formula is C16H14FNO. The minimum atomic E-state index is -0.471. The first-order valence-electron chi connectivity index (χ1n) is 6.42. The highest BCUT2D eigenvalue weighted by molar-refractivity contribution is 6.12. The number of ketones is 1. The van der Waals surface area contributed by atoms with E-state index in [1.54, 1.807) is 18.2 Å². The zero-order chi connectivity index (χ0) is 13.2. The van der Waals surface area contributed by atoms with Crippen LogP contribution in [0.15, 0.2) is 42.5 Å². The molecule has 0 bridgehead atoms. The molecule has 0 aliphatic carbocycles. The van der Waals surface area contributed by atoms with Crippen LogP contribution in [0.5, 0.6) is 0 Å². The third kappa shape index (κ3) is 2.12. The van der Waals surface area contributed by atoms with E-state index in [2.05, 4.69) is 5.32 Å². The van der Waals surface area contributed by atoms with Crippen LogP contribution in [-0.2, 0) is 6.42 Å². The molecular weight excluding hydrogens is 241 g/mol. The topological polar surface area (TPSA) is 29.1 Å². The predicted molar refractivity (Wildman–Crippen MR) is 73.1 cm³/mol. The lowest BCUT2D eigenvalue weighted by Gasteiger charge is -2.20. The number of para-hydroxylation sites is 1. The molecule has 0 amide bonds. The Hall–Kier alpha value is -2.16. The summed E-state index contributed by atoms with van der Waals surface area (Å²) in [6, 6.07) is 11.7. The normalized spacial score (nSPS) is 13.5. The van der Waals surface area contributed by atoms with Gasteiger partial charge in [-0.25, -0.2) is 4.39 Å². The summed E-state index contributed by atoms with van der Waals surface area (Å²) in [6.45, 7) is 0.856. The maximum atomic E-state index is 13.7. The molecule has 1 aliphatic rings. The highest BCUT2D eigenvalue weighted by Gasteiger charge is 2.20. The molecule has 3 heteroatoms. The second-order valence-electron chi connectivity index (χ2n) is 4.68. The Morgan fingerprint density at radius 2 is 1.84 bits per heavy atom. The first-order valence-corrected chi connectivity index (χ1v) is 6.42. The van der Waals surface area contributed by atoms with E-state index in [1.807, 2.05) is 12.1 Å². The van der Waals surface area contributed by atoms with Crippen LogP contribution in [0.3, 0.4) is 0 Å². The second kappa shape index (κ2) is 4.84. The van der Waals surface area contributed by atoms with Gasteiger partial charge in [-0.05, 0) is 36.6 Å². The quantitative estimate of drug-likeness (QED) is 0.833. The molecule has 3 rings (SSSR count). The smallest absolute Gasteiger partial charge is 0.198 e. The molecule has 2 nitrogen and oxygen atoms in total. The number of carbonyl (C=O) groups is 1. The monoisotopic (exact) mass is 255 g/mol. The lowest BCUT2D eigenvalue weighted by atomic mass is 9.94. The van der Waals surface area contributed by atoms with E-state index < -0.39 is 5.82 Å². The Balaban J connectivity index is 2.08. The van der Waals surface area contributed by atoms with E-state index in [9.17, 15) is 9.18 Å². The summed E-state index contributed by atoms with van der Waals surface area (Å²) in [7, 11) is 0. The first kappa shape index (κ1) is 11.9. The van der Waals surface area contributed by atoms with Crippen LogP contribution in [0.1, 0.15) is 27.9 Å². The van der Waals surface area contributed by atoms with Gasteiger partial charge in [0, 0.05) is 17.8 Å². The molecule has 1 heterocycles. The van der Waals surface area contributed by atoms with Crippen molar-refractivity contribution >= 4 is 11.5 Å². The van der Waals surface area contributed by atoms with Crippen LogP contribution < -0.4 is 5.32 Å². The van der Waals surface area contributed by atoms with Crippen molar-refractivity contribution in [2.75, 3.05) is 11.9 Å². The highest BCUT2D eigenvalue weighted by Crippen LogP contribution is 2.28. The molecule has 0 spiro atoms. The Bertz CT molecular complexity index is 636. The summed E-state index contributed by atoms with van der Waals surface area (Å²) in [5.74, 6) is -0.731. The van der Waals surface area contributed by atoms with Crippen LogP contribution in [0.4, 0.5) is 10.1 Å². The van der Waals surface area contributed by atoms with Gasteiger partial charge in [0.1, 0.15) is 5.82 Å². The van der Waals surface area contributed by atoms with E-state index >= 15 is 0 Å². The zero-order valence-corrected chi connectivity index (χ0v) is 10.4. The highest BCUT2D eigenvalue weighted by atomic mass is 19.1. The molecule has 0 fully saturated rings. The number of nitrogens with one attached hydrogen (secondary N) is 1. The second-order valence-corrected chi connectivity index (χ2v) is 4.68. The molecule has 1 aliphatic heterocycles. The molecule has 0 atom stereocenters. The number of aryl methyl sites for hydroxylation is 1. The van der Waals surface area contributed by atoms with Gasteiger partial charge in [-0.1, -0.05) is 24.3 Å². The third-order valence-corrected chi connectivity index (χ3v) is 3.44. The van der Waals surface area contributed by atoms with Gasteiger partial charge in [0.05, 0.1) is 5.56 Å². The van der Waals surface area contributed by atoms with E-state index in [-0.39, 0.29) is 11.3 Å². The first-order chi connectivity index (χ1) is 9.27. The fraction of sp³-hybridized carbons (Fsp3) is 0.188. The average molecular weight is 255 g/mol. The molecule has 2 aromatic carbocycles. The van der Waals surface area contributed by atoms with E-state index in [0.29, 0.717) is 5.56 Å². The molecule has 0 aromatic heterocycles. The van der Waals surface area contributed by atoms with E-state index in [0.717, 1.165) is 30.6 Å². The molecule has 0 radical (unpaired) electrons. The minimum absolute atomic E-state index is 0.128. The van der Waals surface area contributed by atoms with Crippen molar-refractivity contribution < 1.29 is 9.18 Å². The van der Waals surface area contributed by atoms with Gasteiger partial charge < -0.3 is 5.32 Å².